The molecular formula is C23H23FN8O5S. The van der Waals surface area contributed by atoms with E-state index in [2.05, 4.69) is 35.2 Å². The van der Waals surface area contributed by atoms with Crippen LogP contribution in [0.5, 0.6) is 11.5 Å². The van der Waals surface area contributed by atoms with Crippen molar-refractivity contribution in [1.29, 1.82) is 0 Å². The van der Waals surface area contributed by atoms with Crippen molar-refractivity contribution in [2.45, 2.75) is 6.42 Å². The van der Waals surface area contributed by atoms with Crippen LogP contribution >= 0.6 is 0 Å². The number of aromatic nitrogens is 6. The number of anilines is 1. The number of carbonyl (C=O) groups is 1. The Kier molecular flexibility index (Phi) is 7.76. The van der Waals surface area contributed by atoms with Gasteiger partial charge in [-0.2, -0.15) is 0 Å². The van der Waals surface area contributed by atoms with Crippen molar-refractivity contribution >= 4 is 21.9 Å². The van der Waals surface area contributed by atoms with E-state index in [1.165, 1.54) is 31.9 Å². The first-order valence-electron chi connectivity index (χ1n) is 11.1. The maximum absolute atomic E-state index is 13.1. The van der Waals surface area contributed by atoms with Gasteiger partial charge in [0.15, 0.2) is 11.6 Å². The number of pyridine rings is 1. The van der Waals surface area contributed by atoms with Crippen molar-refractivity contribution in [3.05, 3.63) is 66.1 Å². The molecule has 0 saturated carbocycles. The number of sulfonamides is 1. The van der Waals surface area contributed by atoms with Gasteiger partial charge in [0.05, 0.1) is 32.4 Å². The van der Waals surface area contributed by atoms with Gasteiger partial charge in [0.1, 0.15) is 34.4 Å². The zero-order chi connectivity index (χ0) is 27.3. The summed E-state index contributed by atoms with van der Waals surface area (Å²) in [5.74, 6) is -0.740. The second-order valence-electron chi connectivity index (χ2n) is 7.67. The highest BCUT2D eigenvalue weighted by atomic mass is 32.2. The fourth-order valence-electron chi connectivity index (χ4n) is 3.48. The summed E-state index contributed by atoms with van der Waals surface area (Å²) in [4.78, 5) is 24.1. The topological polar surface area (TPSA) is 163 Å². The number of halogens is 1. The molecular weight excluding hydrogens is 519 g/mol. The summed E-state index contributed by atoms with van der Waals surface area (Å²) in [6.45, 7) is 0. The van der Waals surface area contributed by atoms with E-state index in [1.54, 1.807) is 30.3 Å². The van der Waals surface area contributed by atoms with Crippen molar-refractivity contribution in [2.75, 3.05) is 31.7 Å². The minimum Gasteiger partial charge on any atom is -0.494 e. The molecule has 2 N–H and O–H groups in total. The second-order valence-corrected chi connectivity index (χ2v) is 9.51. The van der Waals surface area contributed by atoms with Gasteiger partial charge in [0, 0.05) is 13.5 Å². The number of hydrogen-bond donors (Lipinski definition) is 2. The van der Waals surface area contributed by atoms with E-state index in [0.717, 1.165) is 12.4 Å². The third-order valence-corrected chi connectivity index (χ3v) is 6.48. The quantitative estimate of drug-likeness (QED) is 0.301. The molecule has 4 rings (SSSR count). The van der Waals surface area contributed by atoms with E-state index in [1.807, 2.05) is 0 Å². The lowest BCUT2D eigenvalue weighted by atomic mass is 10.2. The maximum atomic E-state index is 13.1. The number of nitrogens with zero attached hydrogens (tertiary/aromatic N) is 6. The van der Waals surface area contributed by atoms with E-state index in [9.17, 15) is 17.6 Å². The molecule has 15 heteroatoms. The van der Waals surface area contributed by atoms with Crippen LogP contribution < -0.4 is 19.5 Å². The first-order valence-corrected chi connectivity index (χ1v) is 12.7. The Labute approximate surface area is 217 Å². The molecule has 38 heavy (non-hydrogen) atoms. The van der Waals surface area contributed by atoms with Crippen molar-refractivity contribution in [2.24, 2.45) is 0 Å². The molecule has 0 atom stereocenters. The lowest BCUT2D eigenvalue weighted by Gasteiger charge is -2.17. The summed E-state index contributed by atoms with van der Waals surface area (Å²) in [5, 5.41) is 10.7. The van der Waals surface area contributed by atoms with E-state index < -0.39 is 27.5 Å². The monoisotopic (exact) mass is 542 g/mol. The number of rotatable bonds is 10. The van der Waals surface area contributed by atoms with Gasteiger partial charge < -0.3 is 14.8 Å². The highest BCUT2D eigenvalue weighted by molar-refractivity contribution is 7.92. The Bertz CT molecular complexity index is 1540. The standard InChI is InChI=1S/C23H23FN8O5S/c1-25-22(33)16-7-4-6-15(28-16)21-29-30-23(32(21)20-17(36-2)8-5-9-18(20)37-3)31-38(34,35)11-10-19-26-12-14(24)13-27-19/h4-9,12-13H,10-11H2,1-3H3,(H,25,33)(H,30,31). The fraction of sp³-hybridized carbons (Fsp3) is 0.217. The third-order valence-electron chi connectivity index (χ3n) is 5.24. The van der Waals surface area contributed by atoms with Gasteiger partial charge in [0.25, 0.3) is 5.91 Å². The number of carbonyl (C=O) groups excluding carboxylic acids is 1. The Hall–Kier alpha value is -4.66. The first-order chi connectivity index (χ1) is 18.3. The summed E-state index contributed by atoms with van der Waals surface area (Å²) in [7, 11) is 0.342. The summed E-state index contributed by atoms with van der Waals surface area (Å²) in [5.41, 5.74) is 0.647. The number of amides is 1. The Balaban J connectivity index is 1.80. The molecule has 0 radical (unpaired) electrons. The molecule has 1 aromatic carbocycles. The van der Waals surface area contributed by atoms with Crippen molar-refractivity contribution in [3.63, 3.8) is 0 Å². The highest BCUT2D eigenvalue weighted by Gasteiger charge is 2.26. The Morgan fingerprint density at radius 3 is 2.32 bits per heavy atom. The van der Waals surface area contributed by atoms with E-state index in [0.29, 0.717) is 17.2 Å². The number of benzene rings is 1. The Morgan fingerprint density at radius 1 is 1.03 bits per heavy atom. The lowest BCUT2D eigenvalue weighted by Crippen LogP contribution is -2.22. The smallest absolute Gasteiger partial charge is 0.269 e. The SMILES string of the molecule is CNC(=O)c1cccc(-c2nnc(NS(=O)(=O)CCc3ncc(F)cn3)n2-c2c(OC)cccc2OC)n1. The summed E-state index contributed by atoms with van der Waals surface area (Å²) >= 11 is 0. The number of hydrogen-bond acceptors (Lipinski definition) is 10. The second kappa shape index (κ2) is 11.2. The van der Waals surface area contributed by atoms with Gasteiger partial charge in [-0.3, -0.25) is 14.1 Å². The zero-order valence-electron chi connectivity index (χ0n) is 20.5. The van der Waals surface area contributed by atoms with E-state index in [-0.39, 0.29) is 35.4 Å². The Morgan fingerprint density at radius 2 is 1.68 bits per heavy atom. The minimum absolute atomic E-state index is 0.0791. The van der Waals surface area contributed by atoms with E-state index >= 15 is 0 Å². The van der Waals surface area contributed by atoms with E-state index in [4.69, 9.17) is 9.47 Å². The van der Waals surface area contributed by atoms with Crippen LogP contribution in [0, 0.1) is 5.82 Å². The first kappa shape index (κ1) is 26.4. The molecule has 0 fully saturated rings. The number of methoxy groups -OCH3 is 2. The van der Waals surface area contributed by atoms with Crippen molar-refractivity contribution in [1.82, 2.24) is 35.0 Å². The van der Waals surface area contributed by atoms with Crippen LogP contribution in [0.15, 0.2) is 48.8 Å². The maximum Gasteiger partial charge on any atom is 0.269 e. The molecule has 3 heterocycles. The minimum atomic E-state index is -4.02. The number of ether oxygens (including phenoxy) is 2. The lowest BCUT2D eigenvalue weighted by molar-refractivity contribution is 0.0958. The number of nitrogens with one attached hydrogen (secondary N) is 2. The number of para-hydroxylation sites is 1. The summed E-state index contributed by atoms with van der Waals surface area (Å²) in [6.07, 6.45) is 1.84. The van der Waals surface area contributed by atoms with Crippen LogP contribution in [0.25, 0.3) is 17.2 Å². The largest absolute Gasteiger partial charge is 0.494 e. The normalized spacial score (nSPS) is 11.2. The van der Waals surface area contributed by atoms with Gasteiger partial charge in [-0.05, 0) is 24.3 Å². The molecule has 0 aliphatic heterocycles. The molecule has 0 saturated heterocycles. The van der Waals surface area contributed by atoms with Crippen LogP contribution in [-0.4, -0.2) is 71.1 Å². The predicted octanol–water partition coefficient (Wildman–Crippen LogP) is 1.62. The predicted molar refractivity (Wildman–Crippen MR) is 134 cm³/mol. The van der Waals surface area contributed by atoms with Crippen LogP contribution in [-0.2, 0) is 16.4 Å². The summed E-state index contributed by atoms with van der Waals surface area (Å²) in [6, 6.07) is 9.73. The molecule has 0 spiro atoms. The molecule has 198 valence electrons. The van der Waals surface area contributed by atoms with Crippen LogP contribution in [0.3, 0.4) is 0 Å². The van der Waals surface area contributed by atoms with Crippen LogP contribution in [0.1, 0.15) is 16.3 Å². The molecule has 3 aromatic heterocycles. The fourth-order valence-corrected chi connectivity index (χ4v) is 4.44. The molecule has 0 aliphatic rings. The van der Waals surface area contributed by atoms with Crippen LogP contribution in [0.4, 0.5) is 10.3 Å². The van der Waals surface area contributed by atoms with Gasteiger partial charge in [-0.25, -0.2) is 27.8 Å². The molecule has 0 bridgehead atoms. The average Bonchev–Trinajstić information content (AvgIpc) is 3.33. The van der Waals surface area contributed by atoms with Gasteiger partial charge >= 0.3 is 0 Å². The highest BCUT2D eigenvalue weighted by Crippen LogP contribution is 2.37. The van der Waals surface area contributed by atoms with Gasteiger partial charge in [-0.15, -0.1) is 10.2 Å². The average molecular weight is 543 g/mol. The molecule has 0 unspecified atom stereocenters. The molecule has 13 nitrogen and oxygen atoms in total. The van der Waals surface area contributed by atoms with Crippen molar-refractivity contribution < 1.29 is 27.1 Å². The van der Waals surface area contributed by atoms with Crippen molar-refractivity contribution in [3.8, 4) is 28.7 Å². The summed E-state index contributed by atoms with van der Waals surface area (Å²) < 4.78 is 53.9. The number of aryl methyl sites for hydroxylation is 1. The van der Waals surface area contributed by atoms with Gasteiger partial charge in [0.2, 0.25) is 16.0 Å². The molecule has 4 aromatic rings. The zero-order valence-corrected chi connectivity index (χ0v) is 21.4. The molecule has 0 aliphatic carbocycles. The third kappa shape index (κ3) is 5.67. The van der Waals surface area contributed by atoms with Gasteiger partial charge in [-0.1, -0.05) is 12.1 Å². The van der Waals surface area contributed by atoms with Crippen LogP contribution in [0.2, 0.25) is 0 Å². The molecule has 1 amide bonds.